The molecule has 0 saturated carbocycles. The van der Waals surface area contributed by atoms with Crippen LogP contribution in [0.5, 0.6) is 0 Å². The maximum absolute atomic E-state index is 12.0. The first-order valence-electron chi connectivity index (χ1n) is 7.70. The van der Waals surface area contributed by atoms with E-state index in [0.717, 1.165) is 6.20 Å². The molecule has 9 nitrogen and oxygen atoms in total. The summed E-state index contributed by atoms with van der Waals surface area (Å²) in [5, 5.41) is 15.7. The summed E-state index contributed by atoms with van der Waals surface area (Å²) in [5.74, 6) is -1.20. The number of hydrogen-bond acceptors (Lipinski definition) is 6. The van der Waals surface area contributed by atoms with E-state index in [1.807, 2.05) is 13.8 Å². The molecular formula is C15H25N3O6. The fourth-order valence-corrected chi connectivity index (χ4v) is 1.88. The third-order valence-corrected chi connectivity index (χ3v) is 2.72. The molecule has 0 saturated heterocycles. The number of carbonyl (C=O) groups is 2. The Morgan fingerprint density at radius 3 is 2.33 bits per heavy atom. The molecule has 1 aromatic rings. The van der Waals surface area contributed by atoms with E-state index in [-0.39, 0.29) is 17.9 Å². The van der Waals surface area contributed by atoms with E-state index in [1.54, 1.807) is 20.8 Å². The number of ether oxygens (including phenoxy) is 3. The van der Waals surface area contributed by atoms with Crippen LogP contribution in [0.2, 0.25) is 0 Å². The van der Waals surface area contributed by atoms with E-state index in [0.29, 0.717) is 13.2 Å². The first kappa shape index (κ1) is 19.9. The summed E-state index contributed by atoms with van der Waals surface area (Å²) in [7, 11) is 0. The Hall–Kier alpha value is -2.13. The molecule has 136 valence electrons. The fourth-order valence-electron chi connectivity index (χ4n) is 1.88. The third kappa shape index (κ3) is 6.17. The molecule has 0 aliphatic heterocycles. The molecule has 9 heteroatoms. The second kappa shape index (κ2) is 8.65. The minimum Gasteiger partial charge on any atom is -0.477 e. The minimum atomic E-state index is -1.21. The molecule has 0 spiro atoms. The van der Waals surface area contributed by atoms with Crippen LogP contribution in [0.15, 0.2) is 6.20 Å². The number of aromatic nitrogens is 2. The van der Waals surface area contributed by atoms with Crippen molar-refractivity contribution in [3.05, 3.63) is 11.8 Å². The number of nitrogens with one attached hydrogen (secondary N) is 1. The highest BCUT2D eigenvalue weighted by Gasteiger charge is 2.24. The predicted molar refractivity (Wildman–Crippen MR) is 86.1 cm³/mol. The van der Waals surface area contributed by atoms with Crippen LogP contribution < -0.4 is 5.32 Å². The summed E-state index contributed by atoms with van der Waals surface area (Å²) in [4.78, 5) is 23.3. The molecule has 0 unspecified atom stereocenters. The van der Waals surface area contributed by atoms with E-state index in [9.17, 15) is 14.7 Å². The van der Waals surface area contributed by atoms with Gasteiger partial charge in [-0.2, -0.15) is 5.10 Å². The topological polar surface area (TPSA) is 112 Å². The minimum absolute atomic E-state index is 0.0150. The number of hydrogen-bond donors (Lipinski definition) is 2. The van der Waals surface area contributed by atoms with Gasteiger partial charge in [-0.1, -0.05) is 0 Å². The highest BCUT2D eigenvalue weighted by atomic mass is 16.7. The maximum atomic E-state index is 12.0. The molecule has 0 bridgehead atoms. The zero-order valence-corrected chi connectivity index (χ0v) is 14.7. The van der Waals surface area contributed by atoms with Crippen molar-refractivity contribution in [3.8, 4) is 0 Å². The lowest BCUT2D eigenvalue weighted by molar-refractivity contribution is -0.144. The van der Waals surface area contributed by atoms with Crippen molar-refractivity contribution in [1.82, 2.24) is 9.78 Å². The van der Waals surface area contributed by atoms with Crippen molar-refractivity contribution < 1.29 is 28.9 Å². The maximum Gasteiger partial charge on any atom is 0.413 e. The van der Waals surface area contributed by atoms with Gasteiger partial charge in [-0.25, -0.2) is 14.3 Å². The van der Waals surface area contributed by atoms with Gasteiger partial charge in [0, 0.05) is 13.2 Å². The number of nitrogens with zero attached hydrogens (tertiary/aromatic N) is 2. The van der Waals surface area contributed by atoms with Crippen molar-refractivity contribution >= 4 is 17.9 Å². The van der Waals surface area contributed by atoms with Gasteiger partial charge in [-0.15, -0.1) is 0 Å². The van der Waals surface area contributed by atoms with Gasteiger partial charge >= 0.3 is 12.1 Å². The lowest BCUT2D eigenvalue weighted by atomic mass is 10.2. The highest BCUT2D eigenvalue weighted by Crippen LogP contribution is 2.18. The Morgan fingerprint density at radius 1 is 1.29 bits per heavy atom. The zero-order valence-electron chi connectivity index (χ0n) is 14.7. The summed E-state index contributed by atoms with van der Waals surface area (Å²) in [6.07, 6.45) is -0.221. The number of carboxylic acids is 1. The Bertz CT molecular complexity index is 558. The van der Waals surface area contributed by atoms with Gasteiger partial charge in [0.05, 0.1) is 12.7 Å². The standard InChI is InChI=1S/C15H25N3O6/c1-6-22-11(23-7-2)9-18-12(10(8-16-18)13(19)20)17-14(21)24-15(3,4)5/h8,11H,6-7,9H2,1-5H3,(H,17,21)(H,19,20). The summed E-state index contributed by atoms with van der Waals surface area (Å²) < 4.78 is 17.3. The molecule has 1 rings (SSSR count). The first-order valence-corrected chi connectivity index (χ1v) is 7.70. The normalized spacial score (nSPS) is 11.6. The smallest absolute Gasteiger partial charge is 0.413 e. The summed E-state index contributed by atoms with van der Waals surface area (Å²) in [6.45, 7) is 9.74. The Labute approximate surface area is 140 Å². The molecule has 1 heterocycles. The van der Waals surface area contributed by atoms with Crippen LogP contribution in [0.3, 0.4) is 0 Å². The fraction of sp³-hybridized carbons (Fsp3) is 0.667. The first-order chi connectivity index (χ1) is 11.2. The number of anilines is 1. The van der Waals surface area contributed by atoms with Crippen LogP contribution in [0.1, 0.15) is 45.0 Å². The highest BCUT2D eigenvalue weighted by molar-refractivity contribution is 5.97. The van der Waals surface area contributed by atoms with Crippen molar-refractivity contribution in [2.24, 2.45) is 0 Å². The van der Waals surface area contributed by atoms with Gasteiger partial charge in [-0.05, 0) is 34.6 Å². The van der Waals surface area contributed by atoms with Crippen molar-refractivity contribution in [2.45, 2.75) is 53.1 Å². The monoisotopic (exact) mass is 343 g/mol. The van der Waals surface area contributed by atoms with Gasteiger partial charge in [0.1, 0.15) is 17.0 Å². The molecule has 0 radical (unpaired) electrons. The van der Waals surface area contributed by atoms with Gasteiger partial charge in [0.15, 0.2) is 6.29 Å². The van der Waals surface area contributed by atoms with Crippen LogP contribution in [0.4, 0.5) is 10.6 Å². The van der Waals surface area contributed by atoms with Crippen LogP contribution in [-0.4, -0.2) is 52.1 Å². The molecule has 24 heavy (non-hydrogen) atoms. The molecule has 0 fully saturated rings. The molecular weight excluding hydrogens is 318 g/mol. The average molecular weight is 343 g/mol. The number of aromatic carboxylic acids is 1. The molecule has 0 aromatic carbocycles. The van der Waals surface area contributed by atoms with Crippen molar-refractivity contribution in [1.29, 1.82) is 0 Å². The molecule has 0 aliphatic carbocycles. The third-order valence-electron chi connectivity index (χ3n) is 2.72. The average Bonchev–Trinajstić information content (AvgIpc) is 2.80. The summed E-state index contributed by atoms with van der Waals surface area (Å²) in [6, 6.07) is 0. The predicted octanol–water partition coefficient (Wildman–Crippen LogP) is 2.33. The Balaban J connectivity index is 3.00. The Morgan fingerprint density at radius 2 is 1.88 bits per heavy atom. The van der Waals surface area contributed by atoms with Gasteiger partial charge in [-0.3, -0.25) is 5.32 Å². The van der Waals surface area contributed by atoms with Gasteiger partial charge in [0.2, 0.25) is 0 Å². The second-order valence-corrected chi connectivity index (χ2v) is 5.86. The van der Waals surface area contributed by atoms with Gasteiger partial charge in [0.25, 0.3) is 0 Å². The van der Waals surface area contributed by atoms with Crippen LogP contribution in [0, 0.1) is 0 Å². The Kier molecular flexibility index (Phi) is 7.18. The van der Waals surface area contributed by atoms with Crippen LogP contribution in [0.25, 0.3) is 0 Å². The second-order valence-electron chi connectivity index (χ2n) is 5.86. The molecule has 2 N–H and O–H groups in total. The molecule has 0 aliphatic rings. The number of rotatable bonds is 8. The van der Waals surface area contributed by atoms with E-state index < -0.39 is 24.0 Å². The van der Waals surface area contributed by atoms with Crippen molar-refractivity contribution in [2.75, 3.05) is 18.5 Å². The zero-order chi connectivity index (χ0) is 18.3. The number of amides is 1. The van der Waals surface area contributed by atoms with E-state index in [2.05, 4.69) is 10.4 Å². The lowest BCUT2D eigenvalue weighted by Crippen LogP contribution is -2.30. The van der Waals surface area contributed by atoms with E-state index in [4.69, 9.17) is 14.2 Å². The number of carboxylic acid groups (broad SMARTS) is 1. The number of carbonyl (C=O) groups excluding carboxylic acids is 1. The molecule has 1 aromatic heterocycles. The van der Waals surface area contributed by atoms with Crippen molar-refractivity contribution in [3.63, 3.8) is 0 Å². The summed E-state index contributed by atoms with van der Waals surface area (Å²) in [5.41, 5.74) is -0.857. The molecule has 1 amide bonds. The largest absolute Gasteiger partial charge is 0.477 e. The van der Waals surface area contributed by atoms with Gasteiger partial charge < -0.3 is 19.3 Å². The van der Waals surface area contributed by atoms with E-state index >= 15 is 0 Å². The van der Waals surface area contributed by atoms with Crippen LogP contribution in [-0.2, 0) is 20.8 Å². The van der Waals surface area contributed by atoms with Crippen LogP contribution >= 0.6 is 0 Å². The lowest BCUT2D eigenvalue weighted by Gasteiger charge is -2.21. The summed E-state index contributed by atoms with van der Waals surface area (Å²) >= 11 is 0. The van der Waals surface area contributed by atoms with E-state index in [1.165, 1.54) is 4.68 Å². The molecule has 0 atom stereocenters. The quantitative estimate of drug-likeness (QED) is 0.697. The SMILES string of the molecule is CCOC(Cn1ncc(C(=O)O)c1NC(=O)OC(C)(C)C)OCC.